The first-order valence-electron chi connectivity index (χ1n) is 13.8. The molecule has 1 aromatic heterocycles. The van der Waals surface area contributed by atoms with Crippen LogP contribution in [0.25, 0.3) is 0 Å². The van der Waals surface area contributed by atoms with Gasteiger partial charge in [0.25, 0.3) is 0 Å². The lowest BCUT2D eigenvalue weighted by atomic mass is 9.43. The van der Waals surface area contributed by atoms with Gasteiger partial charge in [0.2, 0.25) is 5.13 Å². The number of anilines is 1. The van der Waals surface area contributed by atoms with Crippen LogP contribution in [-0.2, 0) is 25.2 Å². The maximum absolute atomic E-state index is 12.9. The van der Waals surface area contributed by atoms with Crippen LogP contribution in [0.15, 0.2) is 16.5 Å². The van der Waals surface area contributed by atoms with Gasteiger partial charge in [-0.05, 0) is 82.3 Å². The number of benzene rings is 1. The normalized spacial score (nSPS) is 27.0. The maximum atomic E-state index is 12.9. The van der Waals surface area contributed by atoms with Crippen molar-refractivity contribution in [3.8, 4) is 5.75 Å². The third-order valence-electron chi connectivity index (χ3n) is 8.78. The summed E-state index contributed by atoms with van der Waals surface area (Å²) < 4.78 is 30.3. The molecule has 5 atom stereocenters. The second-order valence-corrected chi connectivity index (χ2v) is 15.4. The van der Waals surface area contributed by atoms with Gasteiger partial charge in [0.05, 0.1) is 24.0 Å². The first-order chi connectivity index (χ1) is 19.1. The molecular formula is C28H38BN3O7S2. The van der Waals surface area contributed by atoms with E-state index in [0.29, 0.717) is 38.9 Å². The molecule has 1 unspecified atom stereocenters. The summed E-state index contributed by atoms with van der Waals surface area (Å²) in [6.45, 7) is 13.8. The number of methoxy groups -OCH3 is 1. The average Bonchev–Trinajstić information content (AvgIpc) is 3.45. The molecule has 3 saturated carbocycles. The Labute approximate surface area is 249 Å². The van der Waals surface area contributed by atoms with Crippen LogP contribution in [0.3, 0.4) is 0 Å². The van der Waals surface area contributed by atoms with Crippen LogP contribution in [0.2, 0.25) is 0 Å². The van der Waals surface area contributed by atoms with Crippen LogP contribution in [0.5, 0.6) is 5.75 Å². The average molecular weight is 604 g/mol. The second-order valence-electron chi connectivity index (χ2n) is 12.9. The van der Waals surface area contributed by atoms with Gasteiger partial charge in [0, 0.05) is 0 Å². The lowest BCUT2D eigenvalue weighted by Gasteiger charge is -2.64. The highest BCUT2D eigenvalue weighted by atomic mass is 32.2. The van der Waals surface area contributed by atoms with Crippen LogP contribution < -0.4 is 10.5 Å². The standard InChI is InChI=1S/C28H38BN3O7S2/c1-14-9-10-15(21(20(14)22(33)35-8)36-25(34)37-26(2,3)4)11-19(40-24-32-31-23(30)41-24)29-38-18-13-16-12-17(27(16,5)6)28(18,7)39-29/h9-10,16-19H,11-13H2,1-8H3,(H2,30,31)/t16-,17-,18?,19-,28-/m0/s1. The highest BCUT2D eigenvalue weighted by molar-refractivity contribution is 8.02. The zero-order chi connectivity index (χ0) is 29.9. The Morgan fingerprint density at radius 2 is 1.98 bits per heavy atom. The molecule has 0 radical (unpaired) electrons. The topological polar surface area (TPSA) is 132 Å². The number of esters is 1. The number of rotatable bonds is 7. The lowest BCUT2D eigenvalue weighted by molar-refractivity contribution is -0.199. The Morgan fingerprint density at radius 3 is 2.59 bits per heavy atom. The number of hydrogen-bond acceptors (Lipinski definition) is 12. The van der Waals surface area contributed by atoms with E-state index < -0.39 is 30.4 Å². The van der Waals surface area contributed by atoms with E-state index in [0.717, 1.165) is 12.8 Å². The number of aromatic nitrogens is 2. The van der Waals surface area contributed by atoms with Crippen molar-refractivity contribution in [2.75, 3.05) is 12.8 Å². The van der Waals surface area contributed by atoms with Crippen LogP contribution in [0.4, 0.5) is 9.93 Å². The van der Waals surface area contributed by atoms with Gasteiger partial charge in [-0.3, -0.25) is 0 Å². The monoisotopic (exact) mass is 603 g/mol. The summed E-state index contributed by atoms with van der Waals surface area (Å²) in [7, 11) is 0.715. The molecule has 1 aromatic carbocycles. The summed E-state index contributed by atoms with van der Waals surface area (Å²) in [5, 5.41) is 8.24. The predicted molar refractivity (Wildman–Crippen MR) is 157 cm³/mol. The Hall–Kier alpha value is -2.35. The van der Waals surface area contributed by atoms with Crippen molar-refractivity contribution in [3.05, 3.63) is 28.8 Å². The van der Waals surface area contributed by atoms with Crippen molar-refractivity contribution in [1.82, 2.24) is 10.2 Å². The summed E-state index contributed by atoms with van der Waals surface area (Å²) in [5.41, 5.74) is 6.26. The number of nitrogens with zero attached hydrogens (tertiary/aromatic N) is 2. The number of nitrogens with two attached hydrogens (primary N) is 1. The number of aryl methyl sites for hydroxylation is 1. The van der Waals surface area contributed by atoms with Crippen LogP contribution >= 0.6 is 23.1 Å². The van der Waals surface area contributed by atoms with Crippen LogP contribution in [0, 0.1) is 24.2 Å². The van der Waals surface area contributed by atoms with Crippen molar-refractivity contribution < 1.29 is 33.1 Å². The molecule has 2 bridgehead atoms. The van der Waals surface area contributed by atoms with Crippen molar-refractivity contribution in [2.45, 2.75) is 94.5 Å². The molecule has 2 aromatic rings. The SMILES string of the molecule is COC(=O)c1c(C)ccc(C[C@H](Sc2nnc(N)s2)B2OC3C[C@@H]4C[C@@H](C4(C)C)[C@]3(C)O2)c1OC(=O)OC(C)(C)C. The Balaban J connectivity index is 1.50. The fraction of sp³-hybridized carbons (Fsp3) is 0.643. The summed E-state index contributed by atoms with van der Waals surface area (Å²) >= 11 is 2.73. The number of thioether (sulfide) groups is 1. The van der Waals surface area contributed by atoms with Crippen LogP contribution in [0.1, 0.15) is 75.9 Å². The Bertz CT molecular complexity index is 1350. The zero-order valence-electron chi connectivity index (χ0n) is 24.8. The lowest BCUT2D eigenvalue weighted by Crippen LogP contribution is -2.65. The summed E-state index contributed by atoms with van der Waals surface area (Å²) in [6.07, 6.45) is 1.48. The van der Waals surface area contributed by atoms with Gasteiger partial charge in [0.15, 0.2) is 10.1 Å². The molecule has 222 valence electrons. The minimum Gasteiger partial charge on any atom is -0.465 e. The summed E-state index contributed by atoms with van der Waals surface area (Å²) in [5.74, 6) is 0.481. The number of hydrogen-bond donors (Lipinski definition) is 1. The minimum atomic E-state index is -0.912. The third-order valence-corrected chi connectivity index (χ3v) is 10.8. The molecule has 13 heteroatoms. The third kappa shape index (κ3) is 5.70. The quantitative estimate of drug-likeness (QED) is 0.186. The highest BCUT2D eigenvalue weighted by Gasteiger charge is 2.68. The van der Waals surface area contributed by atoms with E-state index in [1.165, 1.54) is 30.2 Å². The first kappa shape index (κ1) is 30.1. The molecule has 10 nitrogen and oxygen atoms in total. The zero-order valence-corrected chi connectivity index (χ0v) is 26.4. The van der Waals surface area contributed by atoms with E-state index >= 15 is 0 Å². The van der Waals surface area contributed by atoms with Gasteiger partial charge in [-0.15, -0.1) is 10.2 Å². The van der Waals surface area contributed by atoms with Crippen molar-refractivity contribution >= 4 is 47.5 Å². The number of ether oxygens (including phenoxy) is 3. The molecule has 1 saturated heterocycles. The van der Waals surface area contributed by atoms with Gasteiger partial charge < -0.3 is 29.3 Å². The Kier molecular flexibility index (Phi) is 7.89. The summed E-state index contributed by atoms with van der Waals surface area (Å²) in [6, 6.07) is 3.65. The highest BCUT2D eigenvalue weighted by Crippen LogP contribution is 2.66. The van der Waals surface area contributed by atoms with Gasteiger partial charge >= 0.3 is 19.2 Å². The van der Waals surface area contributed by atoms with E-state index in [2.05, 4.69) is 31.0 Å². The van der Waals surface area contributed by atoms with E-state index in [9.17, 15) is 9.59 Å². The second kappa shape index (κ2) is 10.7. The molecule has 2 N–H and O–H groups in total. The molecule has 41 heavy (non-hydrogen) atoms. The molecule has 3 aliphatic carbocycles. The Morgan fingerprint density at radius 1 is 1.24 bits per heavy atom. The van der Waals surface area contributed by atoms with E-state index in [1.807, 2.05) is 12.1 Å². The van der Waals surface area contributed by atoms with Gasteiger partial charge in [-0.25, -0.2) is 9.59 Å². The molecule has 0 spiro atoms. The van der Waals surface area contributed by atoms with Gasteiger partial charge in [-0.1, -0.05) is 49.1 Å². The molecule has 0 amide bonds. The van der Waals surface area contributed by atoms with Crippen molar-refractivity contribution in [3.63, 3.8) is 0 Å². The largest absolute Gasteiger partial charge is 0.514 e. The van der Waals surface area contributed by atoms with Gasteiger partial charge in [-0.2, -0.15) is 0 Å². The minimum absolute atomic E-state index is 0.0204. The van der Waals surface area contributed by atoms with E-state index in [1.54, 1.807) is 27.7 Å². The summed E-state index contributed by atoms with van der Waals surface area (Å²) in [4.78, 5) is 25.7. The molecule has 1 aliphatic heterocycles. The van der Waals surface area contributed by atoms with Crippen LogP contribution in [-0.4, -0.2) is 59.0 Å². The van der Waals surface area contributed by atoms with Crippen molar-refractivity contribution in [2.24, 2.45) is 17.3 Å². The van der Waals surface area contributed by atoms with Crippen molar-refractivity contribution in [1.29, 1.82) is 0 Å². The molecule has 4 aliphatic rings. The smallest absolute Gasteiger partial charge is 0.465 e. The van der Waals surface area contributed by atoms with E-state index in [4.69, 9.17) is 29.3 Å². The number of carbonyl (C=O) groups is 2. The molecular weight excluding hydrogens is 565 g/mol. The molecule has 2 heterocycles. The van der Waals surface area contributed by atoms with Gasteiger partial charge in [0.1, 0.15) is 11.2 Å². The number of nitrogen functional groups attached to an aromatic ring is 1. The fourth-order valence-corrected chi connectivity index (χ4v) is 8.58. The maximum Gasteiger partial charge on any atom is 0.514 e. The first-order valence-corrected chi connectivity index (χ1v) is 15.5. The van der Waals surface area contributed by atoms with E-state index in [-0.39, 0.29) is 28.0 Å². The number of carbonyl (C=O) groups excluding carboxylic acids is 2. The predicted octanol–water partition coefficient (Wildman–Crippen LogP) is 5.50. The molecule has 6 rings (SSSR count). The molecule has 4 fully saturated rings. The fourth-order valence-electron chi connectivity index (χ4n) is 6.58.